The molecular formula is C25H23NO4S. The van der Waals surface area contributed by atoms with Crippen LogP contribution in [0.2, 0.25) is 0 Å². The van der Waals surface area contributed by atoms with Gasteiger partial charge in [0.25, 0.3) is 11.8 Å². The van der Waals surface area contributed by atoms with Crippen LogP contribution in [-0.4, -0.2) is 24.4 Å². The number of amides is 2. The first kappa shape index (κ1) is 21.1. The van der Waals surface area contributed by atoms with Crippen LogP contribution in [-0.2, 0) is 16.9 Å². The van der Waals surface area contributed by atoms with E-state index < -0.39 is 17.8 Å². The van der Waals surface area contributed by atoms with Crippen molar-refractivity contribution in [1.82, 2.24) is 0 Å². The average Bonchev–Trinajstić information content (AvgIpc) is 3.08. The van der Waals surface area contributed by atoms with E-state index in [1.54, 1.807) is 31.2 Å². The Balaban J connectivity index is 2.04. The molecule has 5 nitrogen and oxygen atoms in total. The van der Waals surface area contributed by atoms with Gasteiger partial charge in [-0.2, -0.15) is 12.6 Å². The van der Waals surface area contributed by atoms with E-state index in [2.05, 4.69) is 12.6 Å². The second-order valence-electron chi connectivity index (χ2n) is 7.39. The first-order valence-corrected chi connectivity index (χ1v) is 11.0. The SMILES string of the molecule is CCCc1c2ccc(CS)ccc-2c(C(=O)OCC)c1N1C(=O)c2ccccc2C1=O. The molecule has 1 aromatic carbocycles. The zero-order valence-electron chi connectivity index (χ0n) is 17.5. The van der Waals surface area contributed by atoms with Crippen molar-refractivity contribution in [2.24, 2.45) is 0 Å². The summed E-state index contributed by atoms with van der Waals surface area (Å²) in [6, 6.07) is 14.4. The van der Waals surface area contributed by atoms with Gasteiger partial charge in [0.05, 0.1) is 29.0 Å². The number of hydrogen-bond acceptors (Lipinski definition) is 5. The molecule has 158 valence electrons. The van der Waals surface area contributed by atoms with Gasteiger partial charge in [-0.1, -0.05) is 49.7 Å². The summed E-state index contributed by atoms with van der Waals surface area (Å²) in [7, 11) is 0. The lowest BCUT2D eigenvalue weighted by atomic mass is 10.1. The molecule has 1 aliphatic heterocycles. The molecule has 0 aromatic heterocycles. The predicted octanol–water partition coefficient (Wildman–Crippen LogP) is 5.15. The Bertz CT molecular complexity index is 1140. The van der Waals surface area contributed by atoms with Crippen molar-refractivity contribution in [3.8, 4) is 11.1 Å². The quantitative estimate of drug-likeness (QED) is 0.332. The maximum atomic E-state index is 13.3. The molecule has 4 rings (SSSR count). The highest BCUT2D eigenvalue weighted by molar-refractivity contribution is 7.79. The fourth-order valence-corrected chi connectivity index (χ4v) is 4.37. The Hall–Kier alpha value is -3.12. The number of thiol groups is 1. The van der Waals surface area contributed by atoms with Crippen LogP contribution in [0.25, 0.3) is 11.1 Å². The zero-order chi connectivity index (χ0) is 22.1. The molecule has 0 spiro atoms. The van der Waals surface area contributed by atoms with Gasteiger partial charge in [0.1, 0.15) is 0 Å². The van der Waals surface area contributed by atoms with Gasteiger partial charge in [-0.25, -0.2) is 9.69 Å². The number of rotatable bonds is 6. The molecule has 2 amide bonds. The monoisotopic (exact) mass is 433 g/mol. The molecule has 0 atom stereocenters. The van der Waals surface area contributed by atoms with Crippen LogP contribution in [0.5, 0.6) is 0 Å². The molecule has 0 unspecified atom stereocenters. The molecule has 1 aromatic rings. The Morgan fingerprint density at radius 1 is 0.903 bits per heavy atom. The summed E-state index contributed by atoms with van der Waals surface area (Å²) in [4.78, 5) is 40.8. The van der Waals surface area contributed by atoms with E-state index >= 15 is 0 Å². The Kier molecular flexibility index (Phi) is 5.83. The third-order valence-electron chi connectivity index (χ3n) is 5.52. The molecule has 0 saturated heterocycles. The van der Waals surface area contributed by atoms with Crippen molar-refractivity contribution in [2.75, 3.05) is 11.5 Å². The minimum absolute atomic E-state index is 0.191. The molecular weight excluding hydrogens is 410 g/mol. The van der Waals surface area contributed by atoms with Gasteiger partial charge >= 0.3 is 5.97 Å². The standard InChI is InChI=1S/C25H23NO4S/c1-3-7-18-16-12-10-15(14-31)11-13-17(16)21(25(29)30-4-2)22(18)26-23(27)19-8-5-6-9-20(19)24(26)28/h5-6,8-13,31H,3-4,7,14H2,1-2H3. The van der Waals surface area contributed by atoms with Gasteiger partial charge in [-0.3, -0.25) is 9.59 Å². The molecule has 31 heavy (non-hydrogen) atoms. The number of carbonyl (C=O) groups is 3. The summed E-state index contributed by atoms with van der Waals surface area (Å²) in [5, 5.41) is 0. The van der Waals surface area contributed by atoms with Crippen molar-refractivity contribution in [3.05, 3.63) is 76.3 Å². The number of anilines is 1. The maximum absolute atomic E-state index is 13.3. The summed E-state index contributed by atoms with van der Waals surface area (Å²) >= 11 is 4.35. The van der Waals surface area contributed by atoms with Crippen molar-refractivity contribution < 1.29 is 19.1 Å². The molecule has 0 saturated carbocycles. The molecule has 0 N–H and O–H groups in total. The third kappa shape index (κ3) is 3.41. The maximum Gasteiger partial charge on any atom is 0.340 e. The molecule has 6 heteroatoms. The number of hydrogen-bond donors (Lipinski definition) is 1. The van der Waals surface area contributed by atoms with E-state index in [0.29, 0.717) is 34.6 Å². The van der Waals surface area contributed by atoms with Crippen molar-refractivity contribution in [2.45, 2.75) is 32.4 Å². The van der Waals surface area contributed by atoms with E-state index in [4.69, 9.17) is 4.74 Å². The van der Waals surface area contributed by atoms with Crippen LogP contribution in [0, 0.1) is 0 Å². The van der Waals surface area contributed by atoms with Crippen LogP contribution in [0.3, 0.4) is 0 Å². The largest absolute Gasteiger partial charge is 0.462 e. The lowest BCUT2D eigenvalue weighted by Crippen LogP contribution is -2.31. The van der Waals surface area contributed by atoms with Crippen LogP contribution < -0.4 is 4.90 Å². The highest BCUT2D eigenvalue weighted by Gasteiger charge is 2.42. The van der Waals surface area contributed by atoms with Gasteiger partial charge in [0, 0.05) is 5.75 Å². The van der Waals surface area contributed by atoms with E-state index in [9.17, 15) is 14.4 Å². The minimum Gasteiger partial charge on any atom is -0.462 e. The molecule has 0 bridgehead atoms. The normalized spacial score (nSPS) is 13.1. The smallest absolute Gasteiger partial charge is 0.340 e. The lowest BCUT2D eigenvalue weighted by molar-refractivity contribution is 0.0528. The Morgan fingerprint density at radius 3 is 2.06 bits per heavy atom. The van der Waals surface area contributed by atoms with E-state index in [1.807, 2.05) is 31.2 Å². The Morgan fingerprint density at radius 2 is 1.52 bits per heavy atom. The number of esters is 1. The Labute approximate surface area is 186 Å². The molecule has 2 aliphatic carbocycles. The summed E-state index contributed by atoms with van der Waals surface area (Å²) < 4.78 is 5.36. The number of fused-ring (bicyclic) bond motifs is 2. The van der Waals surface area contributed by atoms with Gasteiger partial charge < -0.3 is 4.74 Å². The average molecular weight is 434 g/mol. The van der Waals surface area contributed by atoms with E-state index in [0.717, 1.165) is 28.0 Å². The van der Waals surface area contributed by atoms with Crippen molar-refractivity contribution in [1.29, 1.82) is 0 Å². The molecule has 0 fully saturated rings. The number of carbonyl (C=O) groups excluding carboxylic acids is 3. The molecule has 0 radical (unpaired) electrons. The second-order valence-corrected chi connectivity index (χ2v) is 7.71. The van der Waals surface area contributed by atoms with E-state index in [1.165, 1.54) is 0 Å². The number of nitrogens with zero attached hydrogens (tertiary/aromatic N) is 1. The first-order valence-electron chi connectivity index (χ1n) is 10.4. The molecule has 3 aliphatic rings. The highest BCUT2D eigenvalue weighted by Crippen LogP contribution is 2.45. The topological polar surface area (TPSA) is 63.7 Å². The first-order chi connectivity index (χ1) is 15.0. The fraction of sp³-hybridized carbons (Fsp3) is 0.240. The minimum atomic E-state index is -0.542. The van der Waals surface area contributed by atoms with Gasteiger partial charge in [0.2, 0.25) is 0 Å². The van der Waals surface area contributed by atoms with Crippen molar-refractivity contribution in [3.63, 3.8) is 0 Å². The van der Waals surface area contributed by atoms with Crippen LogP contribution >= 0.6 is 12.6 Å². The number of imide groups is 1. The summed E-state index contributed by atoms with van der Waals surface area (Å²) in [6.07, 6.45) is 1.40. The lowest BCUT2D eigenvalue weighted by Gasteiger charge is -2.17. The predicted molar refractivity (Wildman–Crippen MR) is 123 cm³/mol. The number of benzene rings is 1. The summed E-state index contributed by atoms with van der Waals surface area (Å²) in [5.41, 5.74) is 4.61. The zero-order valence-corrected chi connectivity index (χ0v) is 18.4. The van der Waals surface area contributed by atoms with Gasteiger partial charge in [-0.15, -0.1) is 0 Å². The molecule has 1 heterocycles. The summed E-state index contributed by atoms with van der Waals surface area (Å²) in [6.45, 7) is 3.95. The van der Waals surface area contributed by atoms with Crippen LogP contribution in [0.4, 0.5) is 5.69 Å². The van der Waals surface area contributed by atoms with E-state index in [-0.39, 0.29) is 12.2 Å². The highest BCUT2D eigenvalue weighted by atomic mass is 32.1. The van der Waals surface area contributed by atoms with Crippen LogP contribution in [0.15, 0.2) is 48.5 Å². The number of ether oxygens (including phenoxy) is 1. The second kappa shape index (κ2) is 8.55. The van der Waals surface area contributed by atoms with Gasteiger partial charge in [0.15, 0.2) is 0 Å². The fourth-order valence-electron chi connectivity index (χ4n) is 4.16. The van der Waals surface area contributed by atoms with Crippen LogP contribution in [0.1, 0.15) is 62.5 Å². The van der Waals surface area contributed by atoms with Crippen molar-refractivity contribution >= 4 is 36.1 Å². The summed E-state index contributed by atoms with van der Waals surface area (Å²) in [5.74, 6) is -0.820. The van der Waals surface area contributed by atoms with Gasteiger partial charge in [-0.05, 0) is 47.7 Å². The third-order valence-corrected chi connectivity index (χ3v) is 5.88.